The van der Waals surface area contributed by atoms with Crippen molar-refractivity contribution in [2.45, 2.75) is 43.3 Å². The Kier molecular flexibility index (Phi) is 4.63. The summed E-state index contributed by atoms with van der Waals surface area (Å²) >= 11 is 0. The molecule has 180 valence electrons. The first-order valence-electron chi connectivity index (χ1n) is 11.2. The third-order valence-corrected chi connectivity index (χ3v) is 6.86. The Hall–Kier alpha value is -3.96. The van der Waals surface area contributed by atoms with Crippen LogP contribution in [0.25, 0.3) is 16.6 Å². The SMILES string of the molecule is CC(n1ncc2ccc([C@H]3C[C@@H]3c3cc(C4CNC(=O)NC4=O)nn4ccnc34)cc21)C(F)(F)F. The minimum absolute atomic E-state index is 0.0664. The number of benzene rings is 1. The van der Waals surface area contributed by atoms with Crippen molar-refractivity contribution in [1.82, 2.24) is 35.0 Å². The lowest BCUT2D eigenvalue weighted by atomic mass is 9.99. The number of hydrogen-bond donors (Lipinski definition) is 2. The summed E-state index contributed by atoms with van der Waals surface area (Å²) in [6, 6.07) is 5.08. The fourth-order valence-corrected chi connectivity index (χ4v) is 4.81. The van der Waals surface area contributed by atoms with Crippen LogP contribution in [-0.4, -0.2) is 49.0 Å². The first-order valence-corrected chi connectivity index (χ1v) is 11.2. The van der Waals surface area contributed by atoms with E-state index in [0.29, 0.717) is 22.2 Å². The minimum atomic E-state index is -4.40. The van der Waals surface area contributed by atoms with Crippen molar-refractivity contribution < 1.29 is 22.8 Å². The van der Waals surface area contributed by atoms with Crippen molar-refractivity contribution in [2.75, 3.05) is 6.54 Å². The average Bonchev–Trinajstić information content (AvgIpc) is 3.26. The summed E-state index contributed by atoms with van der Waals surface area (Å²) in [6.45, 7) is 1.24. The monoisotopic (exact) mass is 483 g/mol. The molecule has 3 amide bonds. The number of carbonyl (C=O) groups excluding carboxylic acids is 2. The van der Waals surface area contributed by atoms with E-state index in [1.807, 2.05) is 12.1 Å². The second-order valence-corrected chi connectivity index (χ2v) is 9.05. The molecule has 1 saturated heterocycles. The summed E-state index contributed by atoms with van der Waals surface area (Å²) in [7, 11) is 0. The molecule has 1 aliphatic heterocycles. The van der Waals surface area contributed by atoms with Gasteiger partial charge in [0.15, 0.2) is 5.65 Å². The fraction of sp³-hybridized carbons (Fsp3) is 0.348. The molecule has 1 saturated carbocycles. The van der Waals surface area contributed by atoms with E-state index in [9.17, 15) is 22.8 Å². The van der Waals surface area contributed by atoms with Gasteiger partial charge in [-0.25, -0.2) is 14.3 Å². The van der Waals surface area contributed by atoms with Crippen LogP contribution >= 0.6 is 0 Å². The molecule has 2 fully saturated rings. The highest BCUT2D eigenvalue weighted by molar-refractivity contribution is 6.00. The highest BCUT2D eigenvalue weighted by Crippen LogP contribution is 2.56. The number of aromatic nitrogens is 5. The lowest BCUT2D eigenvalue weighted by Gasteiger charge is -2.22. The number of imide groups is 1. The maximum absolute atomic E-state index is 13.3. The van der Waals surface area contributed by atoms with E-state index in [2.05, 4.69) is 25.8 Å². The fourth-order valence-electron chi connectivity index (χ4n) is 4.81. The van der Waals surface area contributed by atoms with Crippen LogP contribution in [0.4, 0.5) is 18.0 Å². The van der Waals surface area contributed by atoms with Gasteiger partial charge in [0.1, 0.15) is 6.04 Å². The van der Waals surface area contributed by atoms with Crippen LogP contribution in [0.5, 0.6) is 0 Å². The molecule has 2 aliphatic rings. The van der Waals surface area contributed by atoms with E-state index in [4.69, 9.17) is 0 Å². The highest BCUT2D eigenvalue weighted by atomic mass is 19.4. The zero-order valence-electron chi connectivity index (χ0n) is 18.5. The van der Waals surface area contributed by atoms with Crippen molar-refractivity contribution >= 4 is 28.5 Å². The number of amides is 3. The van der Waals surface area contributed by atoms with Crippen LogP contribution in [-0.2, 0) is 4.79 Å². The van der Waals surface area contributed by atoms with Crippen molar-refractivity contribution in [1.29, 1.82) is 0 Å². The van der Waals surface area contributed by atoms with E-state index in [1.54, 1.807) is 29.0 Å². The Morgan fingerprint density at radius 2 is 2.00 bits per heavy atom. The van der Waals surface area contributed by atoms with Crippen molar-refractivity contribution in [3.05, 3.63) is 59.7 Å². The van der Waals surface area contributed by atoms with Crippen molar-refractivity contribution in [2.24, 2.45) is 0 Å². The predicted octanol–water partition coefficient (Wildman–Crippen LogP) is 3.40. The largest absolute Gasteiger partial charge is 0.410 e. The smallest absolute Gasteiger partial charge is 0.337 e. The number of urea groups is 1. The van der Waals surface area contributed by atoms with Crippen LogP contribution in [0.15, 0.2) is 42.9 Å². The molecule has 4 heterocycles. The van der Waals surface area contributed by atoms with Crippen LogP contribution in [0.1, 0.15) is 54.0 Å². The molecule has 6 rings (SSSR count). The van der Waals surface area contributed by atoms with E-state index >= 15 is 0 Å². The van der Waals surface area contributed by atoms with Gasteiger partial charge in [0, 0.05) is 29.9 Å². The van der Waals surface area contributed by atoms with Crippen molar-refractivity contribution in [3.63, 3.8) is 0 Å². The van der Waals surface area contributed by atoms with Crippen LogP contribution in [0, 0.1) is 0 Å². The molecule has 0 radical (unpaired) electrons. The van der Waals surface area contributed by atoms with Crippen LogP contribution < -0.4 is 10.6 Å². The van der Waals surface area contributed by atoms with Crippen LogP contribution in [0.2, 0.25) is 0 Å². The Bertz CT molecular complexity index is 1490. The second kappa shape index (κ2) is 7.52. The highest BCUT2D eigenvalue weighted by Gasteiger charge is 2.43. The molecule has 12 heteroatoms. The van der Waals surface area contributed by atoms with E-state index in [-0.39, 0.29) is 18.4 Å². The molecule has 35 heavy (non-hydrogen) atoms. The molecule has 4 aromatic rings. The summed E-state index contributed by atoms with van der Waals surface area (Å²) in [5, 5.41) is 14.0. The van der Waals surface area contributed by atoms with Gasteiger partial charge in [-0.15, -0.1) is 0 Å². The molecular weight excluding hydrogens is 463 g/mol. The molecular formula is C23H20F3N7O2. The summed E-state index contributed by atoms with van der Waals surface area (Å²) in [4.78, 5) is 28.3. The lowest BCUT2D eigenvalue weighted by molar-refractivity contribution is -0.164. The first kappa shape index (κ1) is 21.6. The number of hydrogen-bond acceptors (Lipinski definition) is 5. The summed E-state index contributed by atoms with van der Waals surface area (Å²) in [5.41, 5.74) is 3.45. The van der Waals surface area contributed by atoms with Gasteiger partial charge >= 0.3 is 12.2 Å². The van der Waals surface area contributed by atoms with E-state index < -0.39 is 30.1 Å². The normalized spacial score (nSPS) is 23.4. The van der Waals surface area contributed by atoms with Crippen molar-refractivity contribution in [3.8, 4) is 0 Å². The Morgan fingerprint density at radius 1 is 1.17 bits per heavy atom. The molecule has 0 spiro atoms. The molecule has 9 nitrogen and oxygen atoms in total. The molecule has 1 aromatic carbocycles. The van der Waals surface area contributed by atoms with Gasteiger partial charge in [0.2, 0.25) is 5.91 Å². The molecule has 1 aliphatic carbocycles. The summed E-state index contributed by atoms with van der Waals surface area (Å²) in [6.07, 6.45) is 1.15. The average molecular weight is 483 g/mol. The molecule has 4 atom stereocenters. The number of nitrogens with zero attached hydrogens (tertiary/aromatic N) is 5. The summed E-state index contributed by atoms with van der Waals surface area (Å²) in [5.74, 6) is -0.905. The number of halogens is 3. The number of fused-ring (bicyclic) bond motifs is 2. The Labute approximate surface area is 196 Å². The second-order valence-electron chi connectivity index (χ2n) is 9.05. The maximum Gasteiger partial charge on any atom is 0.410 e. The van der Waals surface area contributed by atoms with Crippen LogP contribution in [0.3, 0.4) is 0 Å². The third-order valence-electron chi connectivity index (χ3n) is 6.86. The van der Waals surface area contributed by atoms with Gasteiger partial charge < -0.3 is 5.32 Å². The number of alkyl halides is 3. The number of imidazole rings is 1. The van der Waals surface area contributed by atoms with Gasteiger partial charge in [-0.3, -0.25) is 14.8 Å². The number of rotatable bonds is 4. The van der Waals surface area contributed by atoms with Gasteiger partial charge in [0.25, 0.3) is 0 Å². The molecule has 3 aromatic heterocycles. The van der Waals surface area contributed by atoms with Gasteiger partial charge in [-0.2, -0.15) is 23.4 Å². The lowest BCUT2D eigenvalue weighted by Crippen LogP contribution is -2.51. The van der Waals surface area contributed by atoms with Gasteiger partial charge in [0.05, 0.1) is 23.3 Å². The molecule has 2 N–H and O–H groups in total. The minimum Gasteiger partial charge on any atom is -0.337 e. The summed E-state index contributed by atoms with van der Waals surface area (Å²) < 4.78 is 42.6. The first-order chi connectivity index (χ1) is 16.7. The third kappa shape index (κ3) is 3.60. The van der Waals surface area contributed by atoms with Gasteiger partial charge in [-0.05, 0) is 42.9 Å². The zero-order chi connectivity index (χ0) is 24.5. The van der Waals surface area contributed by atoms with Gasteiger partial charge in [-0.1, -0.05) is 12.1 Å². The Morgan fingerprint density at radius 3 is 2.77 bits per heavy atom. The predicted molar refractivity (Wildman–Crippen MR) is 118 cm³/mol. The maximum atomic E-state index is 13.3. The topological polar surface area (TPSA) is 106 Å². The Balaban J connectivity index is 1.35. The standard InChI is InChI=1S/C23H20F3N7O2/c1-11(23(24,25)26)33-19-6-12(2-3-13(19)9-29-33)14-7-15(14)16-8-18(31-32-5-4-27-20(16)32)17-10-28-22(35)30-21(17)34/h2-6,8-9,11,14-15,17H,7,10H2,1H3,(H2,28,30,34,35)/t11?,14-,15+,17?/m1/s1. The number of nitrogens with one attached hydrogen (secondary N) is 2. The van der Waals surface area contributed by atoms with E-state index in [0.717, 1.165) is 29.2 Å². The number of carbonyl (C=O) groups is 2. The molecule has 2 unspecified atom stereocenters. The van der Waals surface area contributed by atoms with E-state index in [1.165, 1.54) is 6.20 Å². The molecule has 0 bridgehead atoms. The quantitative estimate of drug-likeness (QED) is 0.463. The zero-order valence-corrected chi connectivity index (χ0v) is 18.5.